The van der Waals surface area contributed by atoms with Crippen LogP contribution in [0, 0.1) is 11.3 Å². The molecule has 0 bridgehead atoms. The van der Waals surface area contributed by atoms with Crippen molar-refractivity contribution < 1.29 is 14.3 Å². The largest absolute Gasteiger partial charge is 0.487 e. The number of benzene rings is 2. The Balaban J connectivity index is 1.69. The number of thioether (sulfide) groups is 1. The number of rotatable bonds is 8. The van der Waals surface area contributed by atoms with E-state index in [4.69, 9.17) is 21.6 Å². The van der Waals surface area contributed by atoms with Crippen molar-refractivity contribution in [1.29, 1.82) is 5.26 Å². The number of ether oxygens (including phenoxy) is 1. The lowest BCUT2D eigenvalue weighted by molar-refractivity contribution is -0.122. The average Bonchev–Trinajstić information content (AvgIpc) is 3.01. The van der Waals surface area contributed by atoms with Crippen LogP contribution in [-0.4, -0.2) is 22.6 Å². The molecule has 0 unspecified atom stereocenters. The standard InChI is InChI=1S/C23H21ClN2O3S/c1-2-3-6-11-26-22(27)21(30-23(26)28)13-16-9-10-20(19(24)12-16)29-15-18-8-5-4-7-17(18)14-25/h4-5,7-10,12-13H,2-3,6,11,15H2,1H3/b21-13-. The molecular weight excluding hydrogens is 420 g/mol. The highest BCUT2D eigenvalue weighted by Crippen LogP contribution is 2.34. The zero-order valence-corrected chi connectivity index (χ0v) is 18.1. The van der Waals surface area contributed by atoms with Crippen LogP contribution in [0.25, 0.3) is 6.08 Å². The second-order valence-corrected chi connectivity index (χ2v) is 8.19. The molecule has 0 N–H and O–H groups in total. The van der Waals surface area contributed by atoms with Gasteiger partial charge in [0.15, 0.2) is 0 Å². The summed E-state index contributed by atoms with van der Waals surface area (Å²) in [7, 11) is 0. The molecule has 2 aromatic carbocycles. The van der Waals surface area contributed by atoms with Gasteiger partial charge in [0.2, 0.25) is 0 Å². The van der Waals surface area contributed by atoms with Crippen molar-refractivity contribution in [3.8, 4) is 11.8 Å². The van der Waals surface area contributed by atoms with Crippen LogP contribution in [0.5, 0.6) is 5.75 Å². The lowest BCUT2D eigenvalue weighted by Crippen LogP contribution is -2.29. The Hall–Kier alpha value is -2.75. The van der Waals surface area contributed by atoms with Gasteiger partial charge < -0.3 is 4.74 Å². The fourth-order valence-corrected chi connectivity index (χ4v) is 4.11. The quantitative estimate of drug-likeness (QED) is 0.371. The van der Waals surface area contributed by atoms with Gasteiger partial charge in [-0.25, -0.2) is 0 Å². The molecule has 2 aromatic rings. The molecule has 30 heavy (non-hydrogen) atoms. The molecule has 1 aliphatic rings. The Bertz CT molecular complexity index is 1030. The van der Waals surface area contributed by atoms with Gasteiger partial charge in [0.1, 0.15) is 12.4 Å². The monoisotopic (exact) mass is 440 g/mol. The van der Waals surface area contributed by atoms with Gasteiger partial charge in [-0.15, -0.1) is 0 Å². The summed E-state index contributed by atoms with van der Waals surface area (Å²) in [5.74, 6) is 0.222. The van der Waals surface area contributed by atoms with Crippen molar-refractivity contribution in [2.45, 2.75) is 32.8 Å². The van der Waals surface area contributed by atoms with E-state index in [-0.39, 0.29) is 17.8 Å². The Labute approximate surface area is 185 Å². The fourth-order valence-electron chi connectivity index (χ4n) is 3.00. The molecule has 1 saturated heterocycles. The Morgan fingerprint density at radius 3 is 2.73 bits per heavy atom. The molecule has 0 radical (unpaired) electrons. The van der Waals surface area contributed by atoms with E-state index >= 15 is 0 Å². The first kappa shape index (κ1) is 21.9. The summed E-state index contributed by atoms with van der Waals surface area (Å²) in [5, 5.41) is 9.32. The maximum absolute atomic E-state index is 12.5. The van der Waals surface area contributed by atoms with Crippen LogP contribution in [0.2, 0.25) is 5.02 Å². The minimum absolute atomic E-state index is 0.222. The van der Waals surface area contributed by atoms with Crippen molar-refractivity contribution in [2.24, 2.45) is 0 Å². The average molecular weight is 441 g/mol. The van der Waals surface area contributed by atoms with Crippen LogP contribution >= 0.6 is 23.4 Å². The molecule has 7 heteroatoms. The number of imide groups is 1. The van der Waals surface area contributed by atoms with E-state index in [0.29, 0.717) is 33.3 Å². The predicted molar refractivity (Wildman–Crippen MR) is 119 cm³/mol. The second-order valence-electron chi connectivity index (χ2n) is 6.79. The minimum Gasteiger partial charge on any atom is -0.487 e. The minimum atomic E-state index is -0.259. The topological polar surface area (TPSA) is 70.4 Å². The highest BCUT2D eigenvalue weighted by Gasteiger charge is 2.34. The van der Waals surface area contributed by atoms with E-state index in [2.05, 4.69) is 13.0 Å². The normalized spacial score (nSPS) is 15.0. The van der Waals surface area contributed by atoms with Crippen molar-refractivity contribution >= 4 is 40.6 Å². The zero-order chi connectivity index (χ0) is 21.5. The molecule has 0 spiro atoms. The number of nitrogens with zero attached hydrogens (tertiary/aromatic N) is 2. The predicted octanol–water partition coefficient (Wildman–Crippen LogP) is 6.02. The number of carbonyl (C=O) groups excluding carboxylic acids is 2. The third-order valence-electron chi connectivity index (χ3n) is 4.63. The van der Waals surface area contributed by atoms with E-state index < -0.39 is 0 Å². The lowest BCUT2D eigenvalue weighted by Gasteiger charge is -2.11. The summed E-state index contributed by atoms with van der Waals surface area (Å²) in [6.07, 6.45) is 4.50. The third-order valence-corrected chi connectivity index (χ3v) is 5.84. The molecule has 1 fully saturated rings. The summed E-state index contributed by atoms with van der Waals surface area (Å²) < 4.78 is 5.76. The first-order valence-corrected chi connectivity index (χ1v) is 10.9. The van der Waals surface area contributed by atoms with Gasteiger partial charge in [-0.1, -0.05) is 55.6 Å². The van der Waals surface area contributed by atoms with Gasteiger partial charge in [-0.2, -0.15) is 5.26 Å². The van der Waals surface area contributed by atoms with E-state index in [1.165, 1.54) is 4.90 Å². The number of halogens is 1. The summed E-state index contributed by atoms with van der Waals surface area (Å²) in [5.41, 5.74) is 2.04. The van der Waals surface area contributed by atoms with Gasteiger partial charge in [-0.3, -0.25) is 14.5 Å². The molecule has 154 valence electrons. The third kappa shape index (κ3) is 5.24. The molecule has 0 saturated carbocycles. The zero-order valence-electron chi connectivity index (χ0n) is 16.6. The molecule has 1 heterocycles. The SMILES string of the molecule is CCCCCN1C(=O)S/C(=C\c2ccc(OCc3ccccc3C#N)c(Cl)c2)C1=O. The van der Waals surface area contributed by atoms with E-state index in [9.17, 15) is 9.59 Å². The van der Waals surface area contributed by atoms with Crippen LogP contribution in [0.4, 0.5) is 4.79 Å². The van der Waals surface area contributed by atoms with Gasteiger partial charge in [0, 0.05) is 12.1 Å². The molecule has 5 nitrogen and oxygen atoms in total. The van der Waals surface area contributed by atoms with Crippen LogP contribution in [0.1, 0.15) is 42.9 Å². The molecule has 3 rings (SSSR count). The Morgan fingerprint density at radius 1 is 1.20 bits per heavy atom. The molecule has 2 amide bonds. The maximum Gasteiger partial charge on any atom is 0.293 e. The molecule has 0 atom stereocenters. The Morgan fingerprint density at radius 2 is 2.00 bits per heavy atom. The van der Waals surface area contributed by atoms with Gasteiger partial charge in [-0.05, 0) is 48.0 Å². The summed E-state index contributed by atoms with van der Waals surface area (Å²) in [6, 6.07) is 14.5. The summed E-state index contributed by atoms with van der Waals surface area (Å²) in [4.78, 5) is 26.3. The van der Waals surface area contributed by atoms with E-state index in [0.717, 1.165) is 36.6 Å². The number of hydrogen-bond donors (Lipinski definition) is 0. The lowest BCUT2D eigenvalue weighted by atomic mass is 10.1. The molecular formula is C23H21ClN2O3S. The number of nitriles is 1. The second kappa shape index (κ2) is 10.3. The molecule has 0 aliphatic carbocycles. The number of unbranched alkanes of at least 4 members (excludes halogenated alkanes) is 2. The van der Waals surface area contributed by atoms with Crippen LogP contribution < -0.4 is 4.74 Å². The molecule has 0 aromatic heterocycles. The van der Waals surface area contributed by atoms with Gasteiger partial charge in [0.25, 0.3) is 11.1 Å². The van der Waals surface area contributed by atoms with Crippen LogP contribution in [-0.2, 0) is 11.4 Å². The highest BCUT2D eigenvalue weighted by atomic mass is 35.5. The number of carbonyl (C=O) groups is 2. The van der Waals surface area contributed by atoms with E-state index in [1.54, 1.807) is 36.4 Å². The van der Waals surface area contributed by atoms with Crippen LogP contribution in [0.15, 0.2) is 47.4 Å². The van der Waals surface area contributed by atoms with E-state index in [1.807, 2.05) is 12.1 Å². The summed E-state index contributed by atoms with van der Waals surface area (Å²) >= 11 is 7.29. The maximum atomic E-state index is 12.5. The smallest absolute Gasteiger partial charge is 0.293 e. The first-order valence-electron chi connectivity index (χ1n) is 9.69. The molecule has 1 aliphatic heterocycles. The van der Waals surface area contributed by atoms with Crippen molar-refractivity contribution in [1.82, 2.24) is 4.90 Å². The highest BCUT2D eigenvalue weighted by molar-refractivity contribution is 8.18. The van der Waals surface area contributed by atoms with Crippen molar-refractivity contribution in [3.05, 3.63) is 69.1 Å². The van der Waals surface area contributed by atoms with Gasteiger partial charge in [0.05, 0.1) is 21.6 Å². The fraction of sp³-hybridized carbons (Fsp3) is 0.261. The summed E-state index contributed by atoms with van der Waals surface area (Å²) in [6.45, 7) is 2.75. The van der Waals surface area contributed by atoms with Crippen molar-refractivity contribution in [3.63, 3.8) is 0 Å². The van der Waals surface area contributed by atoms with Crippen molar-refractivity contribution in [2.75, 3.05) is 6.54 Å². The van der Waals surface area contributed by atoms with Crippen LogP contribution in [0.3, 0.4) is 0 Å². The number of hydrogen-bond acceptors (Lipinski definition) is 5. The number of amides is 2. The van der Waals surface area contributed by atoms with Gasteiger partial charge >= 0.3 is 0 Å². The Kier molecular flexibility index (Phi) is 7.56. The first-order chi connectivity index (χ1) is 14.5.